The van der Waals surface area contributed by atoms with Gasteiger partial charge in [-0.05, 0) is 47.4 Å². The quantitative estimate of drug-likeness (QED) is 0.574. The Kier molecular flexibility index (Phi) is 6.12. The molecule has 4 rings (SSSR count). The highest BCUT2D eigenvalue weighted by atomic mass is 19.1. The molecule has 0 fully saturated rings. The summed E-state index contributed by atoms with van der Waals surface area (Å²) in [5.74, 6) is 0.120. The topological polar surface area (TPSA) is 59.0 Å². The van der Waals surface area contributed by atoms with E-state index in [0.29, 0.717) is 35.6 Å². The first-order valence-corrected chi connectivity index (χ1v) is 10.3. The third-order valence-corrected chi connectivity index (χ3v) is 5.66. The molecule has 1 N–H and O–H groups in total. The first-order valence-electron chi connectivity index (χ1n) is 10.3. The molecule has 1 amide bonds. The molecule has 5 nitrogen and oxygen atoms in total. The maximum atomic E-state index is 13.5. The van der Waals surface area contributed by atoms with Gasteiger partial charge < -0.3 is 19.5 Å². The third-order valence-electron chi connectivity index (χ3n) is 5.66. The van der Waals surface area contributed by atoms with Gasteiger partial charge in [0, 0.05) is 12.1 Å². The van der Waals surface area contributed by atoms with Crippen molar-refractivity contribution in [2.75, 3.05) is 20.8 Å². The average Bonchev–Trinajstić information content (AvgIpc) is 3.08. The van der Waals surface area contributed by atoms with E-state index >= 15 is 0 Å². The maximum absolute atomic E-state index is 13.5. The lowest BCUT2D eigenvalue weighted by molar-refractivity contribution is -0.129. The van der Waals surface area contributed by atoms with E-state index < -0.39 is 11.9 Å². The normalized spacial score (nSPS) is 15.9. The summed E-state index contributed by atoms with van der Waals surface area (Å²) >= 11 is 0. The number of aliphatic hydroxyl groups is 1. The molecule has 1 aliphatic rings. The molecular formula is C26H24FNO4. The van der Waals surface area contributed by atoms with Crippen molar-refractivity contribution < 1.29 is 23.8 Å². The number of aliphatic hydroxyl groups excluding tert-OH is 1. The van der Waals surface area contributed by atoms with E-state index in [9.17, 15) is 14.3 Å². The molecule has 32 heavy (non-hydrogen) atoms. The Morgan fingerprint density at radius 2 is 1.62 bits per heavy atom. The number of hydrogen-bond donors (Lipinski definition) is 1. The van der Waals surface area contributed by atoms with Crippen molar-refractivity contribution in [3.63, 3.8) is 0 Å². The largest absolute Gasteiger partial charge is 0.503 e. The number of benzene rings is 3. The molecule has 1 aliphatic heterocycles. The summed E-state index contributed by atoms with van der Waals surface area (Å²) in [7, 11) is 3.16. The van der Waals surface area contributed by atoms with Crippen LogP contribution in [0.5, 0.6) is 11.5 Å². The van der Waals surface area contributed by atoms with Gasteiger partial charge in [0.2, 0.25) is 0 Å². The summed E-state index contributed by atoms with van der Waals surface area (Å²) in [6.45, 7) is 0.378. The molecule has 3 aromatic carbocycles. The zero-order valence-corrected chi connectivity index (χ0v) is 17.9. The predicted molar refractivity (Wildman–Crippen MR) is 120 cm³/mol. The molecule has 1 heterocycles. The predicted octanol–water partition coefficient (Wildman–Crippen LogP) is 4.94. The Balaban J connectivity index is 1.67. The summed E-state index contributed by atoms with van der Waals surface area (Å²) in [5.41, 5.74) is 2.93. The van der Waals surface area contributed by atoms with Gasteiger partial charge in [0.15, 0.2) is 17.3 Å². The molecular weight excluding hydrogens is 409 g/mol. The number of methoxy groups -OCH3 is 2. The van der Waals surface area contributed by atoms with E-state index in [-0.39, 0.29) is 11.6 Å². The molecule has 0 bridgehead atoms. The standard InChI is InChI=1S/C26H24FNO4/c1-31-21-13-8-17(16-22(21)32-2)14-15-28-24(19-6-4-3-5-7-19)23(25(29)26(28)30)18-9-11-20(27)12-10-18/h3-13,16,24,29H,14-15H2,1-2H3. The van der Waals surface area contributed by atoms with E-state index in [4.69, 9.17) is 9.47 Å². The van der Waals surface area contributed by atoms with Crippen LogP contribution in [-0.4, -0.2) is 36.7 Å². The Bertz CT molecular complexity index is 1140. The zero-order chi connectivity index (χ0) is 22.7. The second kappa shape index (κ2) is 9.14. The number of halogens is 1. The number of carbonyl (C=O) groups is 1. The SMILES string of the molecule is COc1ccc(CCN2C(=O)C(O)=C(c3ccc(F)cc3)C2c2ccccc2)cc1OC. The fourth-order valence-corrected chi connectivity index (χ4v) is 4.08. The Labute approximate surface area is 186 Å². The molecule has 0 saturated heterocycles. The van der Waals surface area contributed by atoms with Gasteiger partial charge >= 0.3 is 0 Å². The highest BCUT2D eigenvalue weighted by Gasteiger charge is 2.40. The lowest BCUT2D eigenvalue weighted by atomic mass is 9.93. The first-order chi connectivity index (χ1) is 15.5. The highest BCUT2D eigenvalue weighted by Crippen LogP contribution is 2.43. The number of amides is 1. The van der Waals surface area contributed by atoms with Crippen molar-refractivity contribution in [2.45, 2.75) is 12.5 Å². The molecule has 164 valence electrons. The lowest BCUT2D eigenvalue weighted by Crippen LogP contribution is -2.32. The Hall–Kier alpha value is -3.80. The number of hydrogen-bond acceptors (Lipinski definition) is 4. The molecule has 0 aliphatic carbocycles. The van der Waals surface area contributed by atoms with Crippen LogP contribution in [0.15, 0.2) is 78.6 Å². The maximum Gasteiger partial charge on any atom is 0.289 e. The minimum atomic E-state index is -0.477. The van der Waals surface area contributed by atoms with Gasteiger partial charge in [-0.25, -0.2) is 4.39 Å². The highest BCUT2D eigenvalue weighted by molar-refractivity contribution is 6.05. The van der Waals surface area contributed by atoms with E-state index in [1.807, 2.05) is 48.5 Å². The number of nitrogens with zero attached hydrogens (tertiary/aromatic N) is 1. The fourth-order valence-electron chi connectivity index (χ4n) is 4.08. The number of ether oxygens (including phenoxy) is 2. The molecule has 1 atom stereocenters. The van der Waals surface area contributed by atoms with Gasteiger partial charge in [0.25, 0.3) is 5.91 Å². The van der Waals surface area contributed by atoms with Gasteiger partial charge in [0.05, 0.1) is 20.3 Å². The van der Waals surface area contributed by atoms with Crippen LogP contribution in [-0.2, 0) is 11.2 Å². The van der Waals surface area contributed by atoms with Crippen molar-refractivity contribution in [3.05, 3.63) is 101 Å². The van der Waals surface area contributed by atoms with Crippen LogP contribution in [0.25, 0.3) is 5.57 Å². The molecule has 0 radical (unpaired) electrons. The third kappa shape index (κ3) is 4.04. The van der Waals surface area contributed by atoms with Gasteiger partial charge in [-0.1, -0.05) is 48.5 Å². The van der Waals surface area contributed by atoms with Crippen LogP contribution in [0.3, 0.4) is 0 Å². The molecule has 0 spiro atoms. The molecule has 6 heteroatoms. The molecule has 1 unspecified atom stereocenters. The molecule has 3 aromatic rings. The van der Waals surface area contributed by atoms with Crippen LogP contribution in [0.2, 0.25) is 0 Å². The van der Waals surface area contributed by atoms with E-state index in [2.05, 4.69) is 0 Å². The summed E-state index contributed by atoms with van der Waals surface area (Å²) in [5, 5.41) is 10.8. The van der Waals surface area contributed by atoms with Crippen LogP contribution in [0, 0.1) is 5.82 Å². The first kappa shape index (κ1) is 21.4. The van der Waals surface area contributed by atoms with Crippen molar-refractivity contribution in [3.8, 4) is 11.5 Å². The van der Waals surface area contributed by atoms with E-state index in [0.717, 1.165) is 11.1 Å². The van der Waals surface area contributed by atoms with Gasteiger partial charge in [-0.2, -0.15) is 0 Å². The minimum Gasteiger partial charge on any atom is -0.503 e. The second-order valence-electron chi connectivity index (χ2n) is 7.52. The summed E-state index contributed by atoms with van der Waals surface area (Å²) in [4.78, 5) is 14.7. The Morgan fingerprint density at radius 1 is 0.938 bits per heavy atom. The van der Waals surface area contributed by atoms with Crippen LogP contribution >= 0.6 is 0 Å². The van der Waals surface area contributed by atoms with Crippen molar-refractivity contribution in [1.82, 2.24) is 4.90 Å². The van der Waals surface area contributed by atoms with Crippen molar-refractivity contribution in [2.24, 2.45) is 0 Å². The van der Waals surface area contributed by atoms with E-state index in [1.54, 1.807) is 31.3 Å². The second-order valence-corrected chi connectivity index (χ2v) is 7.52. The zero-order valence-electron chi connectivity index (χ0n) is 17.9. The van der Waals surface area contributed by atoms with Gasteiger partial charge in [-0.15, -0.1) is 0 Å². The van der Waals surface area contributed by atoms with Gasteiger partial charge in [0.1, 0.15) is 5.82 Å². The molecule has 0 aromatic heterocycles. The smallest absolute Gasteiger partial charge is 0.289 e. The van der Waals surface area contributed by atoms with E-state index in [1.165, 1.54) is 12.1 Å². The molecule has 0 saturated carbocycles. The summed E-state index contributed by atoms with van der Waals surface area (Å²) in [6.07, 6.45) is 0.555. The van der Waals surface area contributed by atoms with Crippen molar-refractivity contribution in [1.29, 1.82) is 0 Å². The number of carbonyl (C=O) groups excluding carboxylic acids is 1. The van der Waals surface area contributed by atoms with Crippen LogP contribution in [0.4, 0.5) is 4.39 Å². The monoisotopic (exact) mass is 433 g/mol. The average molecular weight is 433 g/mol. The van der Waals surface area contributed by atoms with Crippen LogP contribution < -0.4 is 9.47 Å². The minimum absolute atomic E-state index is 0.308. The summed E-state index contributed by atoms with van der Waals surface area (Å²) in [6, 6.07) is 20.5. The lowest BCUT2D eigenvalue weighted by Gasteiger charge is -2.27. The van der Waals surface area contributed by atoms with Crippen LogP contribution in [0.1, 0.15) is 22.7 Å². The summed E-state index contributed by atoms with van der Waals surface area (Å²) < 4.78 is 24.2. The van der Waals surface area contributed by atoms with Gasteiger partial charge in [-0.3, -0.25) is 4.79 Å². The number of rotatable bonds is 7. The Morgan fingerprint density at radius 3 is 2.28 bits per heavy atom. The fraction of sp³-hybridized carbons (Fsp3) is 0.192. The van der Waals surface area contributed by atoms with Crippen molar-refractivity contribution >= 4 is 11.5 Å².